The van der Waals surface area contributed by atoms with Gasteiger partial charge in [0.1, 0.15) is 5.54 Å². The van der Waals surface area contributed by atoms with Crippen molar-refractivity contribution in [2.45, 2.75) is 32.7 Å². The SMILES string of the molecule is CC#CCCNC(C)(C)C(=O)O. The summed E-state index contributed by atoms with van der Waals surface area (Å²) >= 11 is 0. The van der Waals surface area contributed by atoms with Crippen LogP contribution < -0.4 is 5.32 Å². The van der Waals surface area contributed by atoms with Crippen LogP contribution in [0.25, 0.3) is 0 Å². The van der Waals surface area contributed by atoms with Gasteiger partial charge in [0.05, 0.1) is 0 Å². The quantitative estimate of drug-likeness (QED) is 0.484. The molecule has 0 unspecified atom stereocenters. The standard InChI is InChI=1S/C9H15NO2/c1-4-5-6-7-10-9(2,3)8(11)12/h10H,6-7H2,1-3H3,(H,11,12). The van der Waals surface area contributed by atoms with Crippen molar-refractivity contribution in [2.24, 2.45) is 0 Å². The van der Waals surface area contributed by atoms with Crippen molar-refractivity contribution in [3.63, 3.8) is 0 Å². The number of aliphatic carboxylic acids is 1. The van der Waals surface area contributed by atoms with Gasteiger partial charge in [-0.2, -0.15) is 0 Å². The smallest absolute Gasteiger partial charge is 0.323 e. The fourth-order valence-electron chi connectivity index (χ4n) is 0.638. The molecule has 0 bridgehead atoms. The maximum atomic E-state index is 10.6. The number of rotatable bonds is 4. The summed E-state index contributed by atoms with van der Waals surface area (Å²) < 4.78 is 0. The molecule has 0 atom stereocenters. The third kappa shape index (κ3) is 3.99. The van der Waals surface area contributed by atoms with Crippen molar-refractivity contribution >= 4 is 5.97 Å². The number of hydrogen-bond donors (Lipinski definition) is 2. The Kier molecular flexibility index (Phi) is 4.38. The first-order chi connectivity index (χ1) is 5.50. The maximum Gasteiger partial charge on any atom is 0.323 e. The minimum Gasteiger partial charge on any atom is -0.480 e. The Hall–Kier alpha value is -1.01. The third-order valence-corrected chi connectivity index (χ3v) is 1.53. The zero-order chi connectivity index (χ0) is 9.61. The lowest BCUT2D eigenvalue weighted by atomic mass is 10.1. The van der Waals surface area contributed by atoms with E-state index in [1.54, 1.807) is 20.8 Å². The molecule has 0 aromatic rings. The molecule has 12 heavy (non-hydrogen) atoms. The molecule has 0 aliphatic carbocycles. The van der Waals surface area contributed by atoms with E-state index < -0.39 is 11.5 Å². The van der Waals surface area contributed by atoms with E-state index in [0.29, 0.717) is 13.0 Å². The molecule has 0 heterocycles. The van der Waals surface area contributed by atoms with Crippen LogP contribution in [0.4, 0.5) is 0 Å². The highest BCUT2D eigenvalue weighted by atomic mass is 16.4. The zero-order valence-corrected chi connectivity index (χ0v) is 7.77. The summed E-state index contributed by atoms with van der Waals surface area (Å²) in [5, 5.41) is 11.6. The minimum absolute atomic E-state index is 0.611. The molecule has 68 valence electrons. The van der Waals surface area contributed by atoms with Gasteiger partial charge in [-0.05, 0) is 20.8 Å². The largest absolute Gasteiger partial charge is 0.480 e. The van der Waals surface area contributed by atoms with E-state index in [0.717, 1.165) is 0 Å². The van der Waals surface area contributed by atoms with Crippen LogP contribution >= 0.6 is 0 Å². The highest BCUT2D eigenvalue weighted by Crippen LogP contribution is 2.00. The van der Waals surface area contributed by atoms with Crippen molar-refractivity contribution in [1.82, 2.24) is 5.32 Å². The molecule has 0 spiro atoms. The molecule has 2 N–H and O–H groups in total. The number of hydrogen-bond acceptors (Lipinski definition) is 2. The van der Waals surface area contributed by atoms with Crippen LogP contribution in [0.1, 0.15) is 27.2 Å². The Morgan fingerprint density at radius 2 is 2.17 bits per heavy atom. The van der Waals surface area contributed by atoms with E-state index >= 15 is 0 Å². The number of nitrogens with one attached hydrogen (secondary N) is 1. The minimum atomic E-state index is -0.852. The zero-order valence-electron chi connectivity index (χ0n) is 7.77. The fraction of sp³-hybridized carbons (Fsp3) is 0.667. The normalized spacial score (nSPS) is 10.2. The maximum absolute atomic E-state index is 10.6. The molecule has 0 fully saturated rings. The van der Waals surface area contributed by atoms with Gasteiger partial charge in [0, 0.05) is 13.0 Å². The lowest BCUT2D eigenvalue weighted by Gasteiger charge is -2.19. The predicted molar refractivity (Wildman–Crippen MR) is 47.8 cm³/mol. The summed E-state index contributed by atoms with van der Waals surface area (Å²) in [5.41, 5.74) is -0.852. The molecule has 0 aliphatic heterocycles. The molecule has 0 amide bonds. The Bertz CT molecular complexity index is 210. The van der Waals surface area contributed by atoms with Gasteiger partial charge in [-0.3, -0.25) is 4.79 Å². The molecular weight excluding hydrogens is 154 g/mol. The summed E-state index contributed by atoms with van der Waals surface area (Å²) in [5.74, 6) is 4.76. The van der Waals surface area contributed by atoms with E-state index in [1.807, 2.05) is 0 Å². The van der Waals surface area contributed by atoms with Gasteiger partial charge in [0.2, 0.25) is 0 Å². The molecule has 0 aliphatic rings. The molecule has 0 rings (SSSR count). The highest BCUT2D eigenvalue weighted by Gasteiger charge is 2.25. The second-order valence-electron chi connectivity index (χ2n) is 3.03. The Morgan fingerprint density at radius 1 is 1.58 bits per heavy atom. The van der Waals surface area contributed by atoms with Crippen LogP contribution in [0.5, 0.6) is 0 Å². The lowest BCUT2D eigenvalue weighted by molar-refractivity contribution is -0.143. The van der Waals surface area contributed by atoms with Crippen molar-refractivity contribution in [3.8, 4) is 11.8 Å². The van der Waals surface area contributed by atoms with Crippen LogP contribution in [0, 0.1) is 11.8 Å². The fourth-order valence-corrected chi connectivity index (χ4v) is 0.638. The number of carbonyl (C=O) groups is 1. The first-order valence-electron chi connectivity index (χ1n) is 3.88. The predicted octanol–water partition coefficient (Wildman–Crippen LogP) is 0.853. The third-order valence-electron chi connectivity index (χ3n) is 1.53. The molecule has 0 aromatic carbocycles. The summed E-state index contributed by atoms with van der Waals surface area (Å²) in [6.07, 6.45) is 0.688. The molecule has 0 saturated carbocycles. The molecular formula is C9H15NO2. The summed E-state index contributed by atoms with van der Waals surface area (Å²) in [6, 6.07) is 0. The topological polar surface area (TPSA) is 49.3 Å². The van der Waals surface area contributed by atoms with Gasteiger partial charge in [-0.25, -0.2) is 0 Å². The molecule has 0 radical (unpaired) electrons. The number of carboxylic acid groups (broad SMARTS) is 1. The van der Waals surface area contributed by atoms with Crippen molar-refractivity contribution in [3.05, 3.63) is 0 Å². The van der Waals surface area contributed by atoms with Crippen molar-refractivity contribution < 1.29 is 9.90 Å². The van der Waals surface area contributed by atoms with E-state index in [4.69, 9.17) is 5.11 Å². The monoisotopic (exact) mass is 169 g/mol. The van der Waals surface area contributed by atoms with Crippen LogP contribution in [-0.4, -0.2) is 23.2 Å². The average molecular weight is 169 g/mol. The molecule has 3 nitrogen and oxygen atoms in total. The summed E-state index contributed by atoms with van der Waals surface area (Å²) in [7, 11) is 0. The second-order valence-corrected chi connectivity index (χ2v) is 3.03. The van der Waals surface area contributed by atoms with Gasteiger partial charge >= 0.3 is 5.97 Å². The van der Waals surface area contributed by atoms with Gasteiger partial charge in [0.15, 0.2) is 0 Å². The summed E-state index contributed by atoms with van der Waals surface area (Å²) in [6.45, 7) is 5.64. The van der Waals surface area contributed by atoms with Crippen LogP contribution in [0.3, 0.4) is 0 Å². The van der Waals surface area contributed by atoms with Crippen LogP contribution in [0.15, 0.2) is 0 Å². The van der Waals surface area contributed by atoms with Crippen molar-refractivity contribution in [2.75, 3.05) is 6.54 Å². The lowest BCUT2D eigenvalue weighted by Crippen LogP contribution is -2.46. The Balaban J connectivity index is 3.74. The van der Waals surface area contributed by atoms with Crippen LogP contribution in [-0.2, 0) is 4.79 Å². The first-order valence-corrected chi connectivity index (χ1v) is 3.88. The van der Waals surface area contributed by atoms with Gasteiger partial charge in [-0.1, -0.05) is 0 Å². The molecule has 0 saturated heterocycles. The first kappa shape index (κ1) is 11.0. The Morgan fingerprint density at radius 3 is 2.58 bits per heavy atom. The highest BCUT2D eigenvalue weighted by molar-refractivity contribution is 5.77. The van der Waals surface area contributed by atoms with E-state index in [1.165, 1.54) is 0 Å². The molecule has 0 aromatic heterocycles. The van der Waals surface area contributed by atoms with Crippen LogP contribution in [0.2, 0.25) is 0 Å². The average Bonchev–Trinajstić information content (AvgIpc) is 1.98. The van der Waals surface area contributed by atoms with E-state index in [-0.39, 0.29) is 0 Å². The van der Waals surface area contributed by atoms with E-state index in [9.17, 15) is 4.79 Å². The second kappa shape index (κ2) is 4.78. The van der Waals surface area contributed by atoms with Gasteiger partial charge in [0.25, 0.3) is 0 Å². The number of carboxylic acids is 1. The molecule has 3 heteroatoms. The van der Waals surface area contributed by atoms with Gasteiger partial charge < -0.3 is 10.4 Å². The summed E-state index contributed by atoms with van der Waals surface area (Å²) in [4.78, 5) is 10.6. The van der Waals surface area contributed by atoms with E-state index in [2.05, 4.69) is 17.2 Å². The van der Waals surface area contributed by atoms with Gasteiger partial charge in [-0.15, -0.1) is 11.8 Å². The van der Waals surface area contributed by atoms with Crippen molar-refractivity contribution in [1.29, 1.82) is 0 Å². The Labute approximate surface area is 73.2 Å².